The third-order valence-electron chi connectivity index (χ3n) is 2.46. The molecule has 0 aliphatic rings. The molecule has 1 aromatic heterocycles. The Morgan fingerprint density at radius 1 is 1.35 bits per heavy atom. The van der Waals surface area contributed by atoms with E-state index >= 15 is 0 Å². The Morgan fingerprint density at radius 3 is 2.59 bits per heavy atom. The second-order valence-corrected chi connectivity index (χ2v) is 4.95. The summed E-state index contributed by atoms with van der Waals surface area (Å²) in [6, 6.07) is 12.2. The standard InChI is InChI=1S/C13H13N3S/c1-3-17-12-6-4-10(5-7-12)13-8-11(9-14)15-16(13)2/h4-8H,3H2,1-2H3. The van der Waals surface area contributed by atoms with Crippen molar-refractivity contribution in [1.29, 1.82) is 5.26 Å². The molecule has 0 unspecified atom stereocenters. The lowest BCUT2D eigenvalue weighted by atomic mass is 10.1. The van der Waals surface area contributed by atoms with Crippen LogP contribution in [-0.2, 0) is 7.05 Å². The van der Waals surface area contributed by atoms with Gasteiger partial charge in [-0.3, -0.25) is 4.68 Å². The fraction of sp³-hybridized carbons (Fsp3) is 0.231. The summed E-state index contributed by atoms with van der Waals surface area (Å²) in [5.41, 5.74) is 2.51. The van der Waals surface area contributed by atoms with Crippen molar-refractivity contribution in [3.8, 4) is 17.3 Å². The summed E-state index contributed by atoms with van der Waals surface area (Å²) in [5.74, 6) is 1.07. The fourth-order valence-corrected chi connectivity index (χ4v) is 2.34. The molecule has 0 N–H and O–H groups in total. The number of aromatic nitrogens is 2. The topological polar surface area (TPSA) is 41.6 Å². The smallest absolute Gasteiger partial charge is 0.163 e. The van der Waals surface area contributed by atoms with Crippen LogP contribution in [0.1, 0.15) is 12.6 Å². The Bertz CT molecular complexity index is 549. The maximum Gasteiger partial charge on any atom is 0.163 e. The number of benzene rings is 1. The van der Waals surface area contributed by atoms with E-state index in [1.165, 1.54) is 4.90 Å². The number of thioether (sulfide) groups is 1. The highest BCUT2D eigenvalue weighted by Crippen LogP contribution is 2.24. The van der Waals surface area contributed by atoms with E-state index in [1.807, 2.05) is 24.9 Å². The zero-order chi connectivity index (χ0) is 12.3. The molecule has 0 saturated heterocycles. The molecular weight excluding hydrogens is 230 g/mol. The molecule has 0 spiro atoms. The molecule has 86 valence electrons. The molecule has 2 aromatic rings. The SMILES string of the molecule is CCSc1ccc(-c2cc(C#N)nn2C)cc1. The summed E-state index contributed by atoms with van der Waals surface area (Å²) >= 11 is 1.82. The van der Waals surface area contributed by atoms with Crippen molar-refractivity contribution in [1.82, 2.24) is 9.78 Å². The predicted molar refractivity (Wildman–Crippen MR) is 69.8 cm³/mol. The molecule has 0 radical (unpaired) electrons. The fourth-order valence-electron chi connectivity index (χ4n) is 1.68. The molecule has 1 aromatic carbocycles. The number of nitrogens with zero attached hydrogens (tertiary/aromatic N) is 3. The van der Waals surface area contributed by atoms with Gasteiger partial charge in [0.1, 0.15) is 6.07 Å². The molecule has 0 fully saturated rings. The van der Waals surface area contributed by atoms with Crippen molar-refractivity contribution in [2.75, 3.05) is 5.75 Å². The normalized spacial score (nSPS) is 10.2. The number of hydrogen-bond acceptors (Lipinski definition) is 3. The number of nitriles is 1. The zero-order valence-corrected chi connectivity index (χ0v) is 10.7. The largest absolute Gasteiger partial charge is 0.267 e. The van der Waals surface area contributed by atoms with Crippen LogP contribution >= 0.6 is 11.8 Å². The molecule has 3 nitrogen and oxygen atoms in total. The first-order valence-corrected chi connectivity index (χ1v) is 6.40. The van der Waals surface area contributed by atoms with Crippen molar-refractivity contribution in [3.63, 3.8) is 0 Å². The van der Waals surface area contributed by atoms with Crippen LogP contribution < -0.4 is 0 Å². The van der Waals surface area contributed by atoms with Gasteiger partial charge in [-0.25, -0.2) is 0 Å². The second kappa shape index (κ2) is 5.07. The highest BCUT2D eigenvalue weighted by molar-refractivity contribution is 7.99. The Hall–Kier alpha value is -1.73. The lowest BCUT2D eigenvalue weighted by molar-refractivity contribution is 0.771. The van der Waals surface area contributed by atoms with Gasteiger partial charge in [0.25, 0.3) is 0 Å². The third kappa shape index (κ3) is 2.51. The lowest BCUT2D eigenvalue weighted by Gasteiger charge is -2.03. The van der Waals surface area contributed by atoms with Crippen LogP contribution in [0.4, 0.5) is 0 Å². The van der Waals surface area contributed by atoms with E-state index in [2.05, 4.69) is 42.4 Å². The average molecular weight is 243 g/mol. The molecule has 0 saturated carbocycles. The van der Waals surface area contributed by atoms with E-state index in [1.54, 1.807) is 4.68 Å². The minimum atomic E-state index is 0.453. The summed E-state index contributed by atoms with van der Waals surface area (Å²) in [6.45, 7) is 2.14. The molecule has 1 heterocycles. The van der Waals surface area contributed by atoms with Crippen molar-refractivity contribution in [2.24, 2.45) is 7.05 Å². The van der Waals surface area contributed by atoms with E-state index in [0.29, 0.717) is 5.69 Å². The van der Waals surface area contributed by atoms with Crippen LogP contribution in [0.25, 0.3) is 11.3 Å². The first kappa shape index (κ1) is 11.7. The third-order valence-corrected chi connectivity index (χ3v) is 3.35. The quantitative estimate of drug-likeness (QED) is 0.778. The van der Waals surface area contributed by atoms with E-state index < -0.39 is 0 Å². The van der Waals surface area contributed by atoms with Crippen molar-refractivity contribution in [3.05, 3.63) is 36.0 Å². The molecule has 0 aliphatic carbocycles. The summed E-state index contributed by atoms with van der Waals surface area (Å²) in [4.78, 5) is 1.26. The molecule has 0 aliphatic heterocycles. The van der Waals surface area contributed by atoms with Gasteiger partial charge in [-0.2, -0.15) is 10.4 Å². The van der Waals surface area contributed by atoms with E-state index in [-0.39, 0.29) is 0 Å². The Labute approximate surface area is 105 Å². The van der Waals surface area contributed by atoms with Crippen molar-refractivity contribution >= 4 is 11.8 Å². The number of aryl methyl sites for hydroxylation is 1. The average Bonchev–Trinajstić information content (AvgIpc) is 2.72. The van der Waals surface area contributed by atoms with E-state index in [9.17, 15) is 0 Å². The van der Waals surface area contributed by atoms with Gasteiger partial charge in [0.2, 0.25) is 0 Å². The van der Waals surface area contributed by atoms with E-state index in [0.717, 1.165) is 17.0 Å². The van der Waals surface area contributed by atoms with Gasteiger partial charge in [0, 0.05) is 18.0 Å². The minimum absolute atomic E-state index is 0.453. The van der Waals surface area contributed by atoms with Crippen LogP contribution in [0, 0.1) is 11.3 Å². The van der Waals surface area contributed by atoms with Crippen LogP contribution in [0.5, 0.6) is 0 Å². The first-order chi connectivity index (χ1) is 8.24. The number of rotatable bonds is 3. The van der Waals surface area contributed by atoms with Gasteiger partial charge in [-0.15, -0.1) is 11.8 Å². The monoisotopic (exact) mass is 243 g/mol. The van der Waals surface area contributed by atoms with Crippen molar-refractivity contribution < 1.29 is 0 Å². The van der Waals surface area contributed by atoms with Crippen molar-refractivity contribution in [2.45, 2.75) is 11.8 Å². The van der Waals surface area contributed by atoms with Crippen LogP contribution in [0.3, 0.4) is 0 Å². The molecule has 0 bridgehead atoms. The van der Waals surface area contributed by atoms with Gasteiger partial charge in [0.15, 0.2) is 5.69 Å². The van der Waals surface area contributed by atoms with E-state index in [4.69, 9.17) is 5.26 Å². The molecule has 0 atom stereocenters. The minimum Gasteiger partial charge on any atom is -0.267 e. The summed E-state index contributed by atoms with van der Waals surface area (Å²) in [6.07, 6.45) is 0. The van der Waals surface area contributed by atoms with Crippen LogP contribution in [-0.4, -0.2) is 15.5 Å². The molecular formula is C13H13N3S. The second-order valence-electron chi connectivity index (χ2n) is 3.61. The zero-order valence-electron chi connectivity index (χ0n) is 9.84. The van der Waals surface area contributed by atoms with Gasteiger partial charge in [-0.1, -0.05) is 19.1 Å². The predicted octanol–water partition coefficient (Wildman–Crippen LogP) is 3.07. The summed E-state index contributed by atoms with van der Waals surface area (Å²) in [7, 11) is 1.85. The van der Waals surface area contributed by atoms with Gasteiger partial charge >= 0.3 is 0 Å². The Kier molecular flexibility index (Phi) is 3.50. The number of hydrogen-bond donors (Lipinski definition) is 0. The van der Waals surface area contributed by atoms with Gasteiger partial charge in [-0.05, 0) is 23.4 Å². The highest BCUT2D eigenvalue weighted by atomic mass is 32.2. The lowest BCUT2D eigenvalue weighted by Crippen LogP contribution is -1.93. The molecule has 2 rings (SSSR count). The highest BCUT2D eigenvalue weighted by Gasteiger charge is 2.06. The van der Waals surface area contributed by atoms with Gasteiger partial charge < -0.3 is 0 Å². The van der Waals surface area contributed by atoms with Crippen LogP contribution in [0.2, 0.25) is 0 Å². The van der Waals surface area contributed by atoms with Gasteiger partial charge in [0.05, 0.1) is 5.69 Å². The molecule has 0 amide bonds. The maximum atomic E-state index is 8.81. The first-order valence-electron chi connectivity index (χ1n) is 5.42. The molecule has 4 heteroatoms. The Morgan fingerprint density at radius 2 is 2.06 bits per heavy atom. The maximum absolute atomic E-state index is 8.81. The summed E-state index contributed by atoms with van der Waals surface area (Å²) in [5, 5.41) is 12.9. The van der Waals surface area contributed by atoms with Crippen LogP contribution in [0.15, 0.2) is 35.2 Å². The summed E-state index contributed by atoms with van der Waals surface area (Å²) < 4.78 is 1.74. The Balaban J connectivity index is 2.33. The molecule has 17 heavy (non-hydrogen) atoms.